The van der Waals surface area contributed by atoms with Crippen LogP contribution in [0.15, 0.2) is 0 Å². The van der Waals surface area contributed by atoms with Crippen LogP contribution >= 0.6 is 0 Å². The van der Waals surface area contributed by atoms with E-state index in [4.69, 9.17) is 17.5 Å². The van der Waals surface area contributed by atoms with Crippen LogP contribution in [0.3, 0.4) is 0 Å². The van der Waals surface area contributed by atoms with Crippen molar-refractivity contribution in [2.45, 2.75) is 39.5 Å². The van der Waals surface area contributed by atoms with E-state index < -0.39 is 10.4 Å². The molecule has 0 aromatic rings. The quantitative estimate of drug-likeness (QED) is 0.528. The van der Waals surface area contributed by atoms with Crippen molar-refractivity contribution < 1.29 is 23.0 Å². The molecule has 0 aliphatic heterocycles. The monoisotopic (exact) mass is 202 g/mol. The fraction of sp³-hybridized carbons (Fsp3) is 1.00. The maximum absolute atomic E-state index is 8.74. The lowest BCUT2D eigenvalue weighted by atomic mass is 10.2. The third-order valence-electron chi connectivity index (χ3n) is 0.957. The highest BCUT2D eigenvalue weighted by atomic mass is 32.3. The molecule has 6 heteroatoms. The minimum Gasteiger partial charge on any atom is -0.412 e. The molecule has 0 bridgehead atoms. The summed E-state index contributed by atoms with van der Waals surface area (Å²) >= 11 is 0. The molecular weight excluding hydrogens is 184 g/mol. The molecular formula is C6H18O5S. The number of rotatable bonds is 3. The Bertz CT molecular complexity index is 139. The van der Waals surface area contributed by atoms with Crippen LogP contribution in [0.1, 0.15) is 39.5 Å². The predicted molar refractivity (Wildman–Crippen MR) is 47.6 cm³/mol. The molecule has 0 saturated carbocycles. The maximum Gasteiger partial charge on any atom is 0.394 e. The fourth-order valence-electron chi connectivity index (χ4n) is 0.500. The van der Waals surface area contributed by atoms with Gasteiger partial charge in [0.05, 0.1) is 0 Å². The molecule has 0 fully saturated rings. The maximum atomic E-state index is 8.74. The van der Waals surface area contributed by atoms with E-state index in [9.17, 15) is 0 Å². The van der Waals surface area contributed by atoms with Gasteiger partial charge in [-0.2, -0.15) is 8.42 Å². The molecule has 0 unspecified atom stereocenters. The van der Waals surface area contributed by atoms with Crippen LogP contribution in [0.2, 0.25) is 0 Å². The van der Waals surface area contributed by atoms with Gasteiger partial charge in [-0.05, 0) is 0 Å². The Kier molecular flexibility index (Phi) is 16.1. The summed E-state index contributed by atoms with van der Waals surface area (Å²) in [5.41, 5.74) is 0. The number of unbranched alkanes of at least 4 members (excludes halogenated alkanes) is 3. The first-order valence-corrected chi connectivity index (χ1v) is 5.01. The topological polar surface area (TPSA) is 106 Å². The second-order valence-electron chi connectivity index (χ2n) is 2.15. The second kappa shape index (κ2) is 10.8. The standard InChI is InChI=1S/C6H14.H2O4S.H2O/c1-3-5-6-4-2;1-5(2,3)4;/h3-6H2,1-2H3;(H2,1,2,3,4);1H2. The molecule has 4 N–H and O–H groups in total. The fourth-order valence-corrected chi connectivity index (χ4v) is 0.500. The summed E-state index contributed by atoms with van der Waals surface area (Å²) in [6, 6.07) is 0. The molecule has 0 saturated heterocycles. The summed E-state index contributed by atoms with van der Waals surface area (Å²) in [6.07, 6.45) is 5.54. The molecule has 0 atom stereocenters. The summed E-state index contributed by atoms with van der Waals surface area (Å²) in [5, 5.41) is 0. The van der Waals surface area contributed by atoms with Crippen molar-refractivity contribution in [3.05, 3.63) is 0 Å². The zero-order valence-electron chi connectivity index (χ0n) is 7.45. The molecule has 0 rings (SSSR count). The van der Waals surface area contributed by atoms with Crippen molar-refractivity contribution in [2.24, 2.45) is 0 Å². The van der Waals surface area contributed by atoms with Gasteiger partial charge in [0.1, 0.15) is 0 Å². The first kappa shape index (κ1) is 17.8. The summed E-state index contributed by atoms with van der Waals surface area (Å²) in [7, 11) is -4.67. The lowest BCUT2D eigenvalue weighted by molar-refractivity contribution is 0.381. The summed E-state index contributed by atoms with van der Waals surface area (Å²) in [5.74, 6) is 0. The van der Waals surface area contributed by atoms with Crippen LogP contribution in [0, 0.1) is 0 Å². The van der Waals surface area contributed by atoms with Crippen molar-refractivity contribution in [2.75, 3.05) is 0 Å². The zero-order valence-corrected chi connectivity index (χ0v) is 8.26. The highest BCUT2D eigenvalue weighted by Crippen LogP contribution is 1.95. The van der Waals surface area contributed by atoms with Crippen molar-refractivity contribution in [3.8, 4) is 0 Å². The van der Waals surface area contributed by atoms with Crippen LogP contribution in [0.4, 0.5) is 0 Å². The summed E-state index contributed by atoms with van der Waals surface area (Å²) in [4.78, 5) is 0. The van der Waals surface area contributed by atoms with E-state index >= 15 is 0 Å². The molecule has 0 aliphatic carbocycles. The summed E-state index contributed by atoms with van der Waals surface area (Å²) < 4.78 is 31.6. The molecule has 0 amide bonds. The molecule has 0 heterocycles. The predicted octanol–water partition coefficient (Wildman–Crippen LogP) is 1.11. The largest absolute Gasteiger partial charge is 0.412 e. The Hall–Kier alpha value is -0.170. The Morgan fingerprint density at radius 2 is 1.17 bits per heavy atom. The Morgan fingerprint density at radius 1 is 1.00 bits per heavy atom. The van der Waals surface area contributed by atoms with Crippen molar-refractivity contribution in [1.29, 1.82) is 0 Å². The SMILES string of the molecule is CCCCCC.O.O=S(=O)(O)O. The Balaban J connectivity index is -0.000000126. The smallest absolute Gasteiger partial charge is 0.394 e. The highest BCUT2D eigenvalue weighted by molar-refractivity contribution is 7.79. The lowest BCUT2D eigenvalue weighted by Crippen LogP contribution is -1.89. The molecule has 0 aromatic carbocycles. The zero-order chi connectivity index (χ0) is 9.33. The van der Waals surface area contributed by atoms with E-state index in [0.29, 0.717) is 0 Å². The van der Waals surface area contributed by atoms with Crippen LogP contribution < -0.4 is 0 Å². The first-order chi connectivity index (χ1) is 4.91. The first-order valence-electron chi connectivity index (χ1n) is 3.61. The van der Waals surface area contributed by atoms with E-state index in [2.05, 4.69) is 13.8 Å². The van der Waals surface area contributed by atoms with Gasteiger partial charge in [0.2, 0.25) is 0 Å². The lowest BCUT2D eigenvalue weighted by Gasteiger charge is -1.86. The number of hydrogen-bond acceptors (Lipinski definition) is 2. The molecule has 0 spiro atoms. The van der Waals surface area contributed by atoms with Crippen molar-refractivity contribution in [3.63, 3.8) is 0 Å². The van der Waals surface area contributed by atoms with Gasteiger partial charge in [-0.25, -0.2) is 0 Å². The molecule has 0 radical (unpaired) electrons. The van der Waals surface area contributed by atoms with Gasteiger partial charge in [-0.1, -0.05) is 39.5 Å². The molecule has 12 heavy (non-hydrogen) atoms. The third kappa shape index (κ3) is 95.7. The van der Waals surface area contributed by atoms with Crippen molar-refractivity contribution in [1.82, 2.24) is 0 Å². The highest BCUT2D eigenvalue weighted by Gasteiger charge is 1.84. The summed E-state index contributed by atoms with van der Waals surface area (Å²) in [6.45, 7) is 4.46. The van der Waals surface area contributed by atoms with E-state index in [1.54, 1.807) is 0 Å². The van der Waals surface area contributed by atoms with E-state index in [1.165, 1.54) is 25.7 Å². The average molecular weight is 202 g/mol. The Labute approximate surface area is 73.7 Å². The molecule has 78 valence electrons. The molecule has 5 nitrogen and oxygen atoms in total. The minimum absolute atomic E-state index is 0. The van der Waals surface area contributed by atoms with Crippen molar-refractivity contribution >= 4 is 10.4 Å². The molecule has 0 aliphatic rings. The van der Waals surface area contributed by atoms with E-state index in [0.717, 1.165) is 0 Å². The minimum atomic E-state index is -4.67. The van der Waals surface area contributed by atoms with Gasteiger partial charge >= 0.3 is 10.4 Å². The normalized spacial score (nSPS) is 9.33. The third-order valence-corrected chi connectivity index (χ3v) is 0.957. The van der Waals surface area contributed by atoms with Crippen LogP contribution in [-0.4, -0.2) is 23.0 Å². The van der Waals surface area contributed by atoms with Gasteiger partial charge in [-0.3, -0.25) is 9.11 Å². The van der Waals surface area contributed by atoms with Gasteiger partial charge < -0.3 is 5.48 Å². The molecule has 0 aromatic heterocycles. The van der Waals surface area contributed by atoms with E-state index in [1.807, 2.05) is 0 Å². The average Bonchev–Trinajstić information content (AvgIpc) is 1.79. The van der Waals surface area contributed by atoms with E-state index in [-0.39, 0.29) is 5.48 Å². The van der Waals surface area contributed by atoms with Gasteiger partial charge in [-0.15, -0.1) is 0 Å². The van der Waals surface area contributed by atoms with Crippen LogP contribution in [0.5, 0.6) is 0 Å². The second-order valence-corrected chi connectivity index (χ2v) is 3.05. The van der Waals surface area contributed by atoms with Gasteiger partial charge in [0, 0.05) is 0 Å². The van der Waals surface area contributed by atoms with Crippen LogP contribution in [0.25, 0.3) is 0 Å². The Morgan fingerprint density at radius 3 is 1.25 bits per heavy atom. The van der Waals surface area contributed by atoms with Gasteiger partial charge in [0.25, 0.3) is 0 Å². The van der Waals surface area contributed by atoms with Crippen LogP contribution in [-0.2, 0) is 10.4 Å². The van der Waals surface area contributed by atoms with Gasteiger partial charge in [0.15, 0.2) is 0 Å². The number of hydrogen-bond donors (Lipinski definition) is 2.